The molecule has 0 amide bonds. The summed E-state index contributed by atoms with van der Waals surface area (Å²) in [5.41, 5.74) is 0.545. The average molecular weight is 308 g/mol. The number of sulfonamides is 1. The lowest BCUT2D eigenvalue weighted by atomic mass is 10.2. The van der Waals surface area contributed by atoms with E-state index in [1.807, 2.05) is 6.92 Å². The maximum atomic E-state index is 12.2. The van der Waals surface area contributed by atoms with E-state index in [1.165, 1.54) is 12.3 Å². The second kappa shape index (κ2) is 6.01. The van der Waals surface area contributed by atoms with Gasteiger partial charge in [0, 0.05) is 18.5 Å². The van der Waals surface area contributed by atoms with Crippen molar-refractivity contribution in [3.05, 3.63) is 52.4 Å². The summed E-state index contributed by atoms with van der Waals surface area (Å²) in [6.07, 6.45) is 2.54. The molecule has 0 saturated heterocycles. The van der Waals surface area contributed by atoms with Gasteiger partial charge in [-0.2, -0.15) is 0 Å². The third-order valence-electron chi connectivity index (χ3n) is 2.83. The minimum Gasteiger partial charge on any atom is -0.494 e. The standard InChI is InChI=1S/C14H16N2O4S/c1-3-20-11-4-5-12(10(2)8-11)16-21(18,19)14-9-15-7-6-13(14)17/h4-9,16H,3H2,1-2H3,(H,15,17). The highest BCUT2D eigenvalue weighted by atomic mass is 32.2. The first-order valence-electron chi connectivity index (χ1n) is 6.37. The number of anilines is 1. The summed E-state index contributed by atoms with van der Waals surface area (Å²) in [4.78, 5) is 13.9. The first-order valence-corrected chi connectivity index (χ1v) is 7.85. The molecule has 0 bridgehead atoms. The van der Waals surface area contributed by atoms with Gasteiger partial charge in [0.2, 0.25) is 5.43 Å². The van der Waals surface area contributed by atoms with Crippen LogP contribution < -0.4 is 14.9 Å². The smallest absolute Gasteiger partial charge is 0.267 e. The number of benzene rings is 1. The molecular formula is C14H16N2O4S. The lowest BCUT2D eigenvalue weighted by Crippen LogP contribution is -2.21. The number of hydrogen-bond donors (Lipinski definition) is 2. The molecule has 2 N–H and O–H groups in total. The van der Waals surface area contributed by atoms with Gasteiger partial charge in [-0.05, 0) is 37.6 Å². The van der Waals surface area contributed by atoms with Gasteiger partial charge in [0.1, 0.15) is 5.75 Å². The number of rotatable bonds is 5. The molecule has 6 nitrogen and oxygen atoms in total. The van der Waals surface area contributed by atoms with Crippen molar-refractivity contribution in [3.8, 4) is 5.75 Å². The van der Waals surface area contributed by atoms with Gasteiger partial charge in [-0.25, -0.2) is 8.42 Å². The Kier molecular flexibility index (Phi) is 4.32. The number of aromatic amines is 1. The number of H-pyrrole nitrogens is 1. The Morgan fingerprint density at radius 3 is 2.67 bits per heavy atom. The first-order chi connectivity index (χ1) is 9.94. The van der Waals surface area contributed by atoms with E-state index in [9.17, 15) is 13.2 Å². The highest BCUT2D eigenvalue weighted by Gasteiger charge is 2.18. The third kappa shape index (κ3) is 3.43. The fraction of sp³-hybridized carbons (Fsp3) is 0.214. The minimum absolute atomic E-state index is 0.321. The van der Waals surface area contributed by atoms with E-state index >= 15 is 0 Å². The molecule has 0 radical (unpaired) electrons. The summed E-state index contributed by atoms with van der Waals surface area (Å²) >= 11 is 0. The van der Waals surface area contributed by atoms with E-state index in [0.717, 1.165) is 6.20 Å². The molecule has 0 aliphatic rings. The van der Waals surface area contributed by atoms with E-state index in [2.05, 4.69) is 9.71 Å². The summed E-state index contributed by atoms with van der Waals surface area (Å²) in [5, 5.41) is 0. The Balaban J connectivity index is 2.33. The van der Waals surface area contributed by atoms with Crippen molar-refractivity contribution in [2.75, 3.05) is 11.3 Å². The number of ether oxygens (including phenoxy) is 1. The normalized spacial score (nSPS) is 11.1. The maximum absolute atomic E-state index is 12.2. The van der Waals surface area contributed by atoms with Crippen molar-refractivity contribution >= 4 is 15.7 Å². The molecule has 0 unspecified atom stereocenters. The molecule has 0 aliphatic carbocycles. The molecule has 0 spiro atoms. The Morgan fingerprint density at radius 1 is 1.29 bits per heavy atom. The highest BCUT2D eigenvalue weighted by molar-refractivity contribution is 7.92. The first kappa shape index (κ1) is 15.1. The second-order valence-corrected chi connectivity index (χ2v) is 6.04. The van der Waals surface area contributed by atoms with Gasteiger partial charge in [-0.15, -0.1) is 0 Å². The van der Waals surface area contributed by atoms with Gasteiger partial charge in [0.15, 0.2) is 4.90 Å². The maximum Gasteiger partial charge on any atom is 0.267 e. The number of aryl methyl sites for hydroxylation is 1. The monoisotopic (exact) mass is 308 g/mol. The van der Waals surface area contributed by atoms with Crippen LogP contribution in [-0.4, -0.2) is 20.0 Å². The number of hydrogen-bond acceptors (Lipinski definition) is 4. The lowest BCUT2D eigenvalue weighted by molar-refractivity contribution is 0.340. The molecule has 0 aliphatic heterocycles. The molecule has 112 valence electrons. The van der Waals surface area contributed by atoms with E-state index < -0.39 is 15.5 Å². The summed E-state index contributed by atoms with van der Waals surface area (Å²) in [7, 11) is -3.93. The molecule has 1 aromatic carbocycles. The van der Waals surface area contributed by atoms with Crippen molar-refractivity contribution in [1.82, 2.24) is 4.98 Å². The van der Waals surface area contributed by atoms with Crippen molar-refractivity contribution in [2.45, 2.75) is 18.7 Å². The summed E-state index contributed by atoms with van der Waals surface area (Å²) in [6.45, 7) is 4.16. The van der Waals surface area contributed by atoms with E-state index in [4.69, 9.17) is 4.74 Å². The molecule has 1 aromatic heterocycles. The van der Waals surface area contributed by atoms with Gasteiger partial charge >= 0.3 is 0 Å². The van der Waals surface area contributed by atoms with Crippen LogP contribution in [0.4, 0.5) is 5.69 Å². The van der Waals surface area contributed by atoms with E-state index in [0.29, 0.717) is 23.6 Å². The lowest BCUT2D eigenvalue weighted by Gasteiger charge is -2.11. The van der Waals surface area contributed by atoms with Crippen LogP contribution in [-0.2, 0) is 10.0 Å². The van der Waals surface area contributed by atoms with Crippen molar-refractivity contribution in [3.63, 3.8) is 0 Å². The fourth-order valence-electron chi connectivity index (χ4n) is 1.82. The van der Waals surface area contributed by atoms with Crippen molar-refractivity contribution in [2.24, 2.45) is 0 Å². The Labute approximate surface area is 122 Å². The zero-order valence-electron chi connectivity index (χ0n) is 11.7. The van der Waals surface area contributed by atoms with E-state index in [-0.39, 0.29) is 4.90 Å². The zero-order chi connectivity index (χ0) is 15.5. The molecule has 0 saturated carbocycles. The van der Waals surface area contributed by atoms with Gasteiger partial charge in [-0.1, -0.05) is 0 Å². The second-order valence-electron chi connectivity index (χ2n) is 4.39. The van der Waals surface area contributed by atoms with Crippen LogP contribution in [0.15, 0.2) is 46.3 Å². The molecule has 1 heterocycles. The van der Waals surface area contributed by atoms with Gasteiger partial charge in [0.05, 0.1) is 12.3 Å². The van der Waals surface area contributed by atoms with Crippen molar-refractivity contribution in [1.29, 1.82) is 0 Å². The number of nitrogens with one attached hydrogen (secondary N) is 2. The third-order valence-corrected chi connectivity index (χ3v) is 4.22. The van der Waals surface area contributed by atoms with Gasteiger partial charge < -0.3 is 9.72 Å². The largest absolute Gasteiger partial charge is 0.494 e. The van der Waals surface area contributed by atoms with Crippen LogP contribution in [0.1, 0.15) is 12.5 Å². The Hall–Kier alpha value is -2.28. The summed E-state index contributed by atoms with van der Waals surface area (Å²) in [6, 6.07) is 6.18. The Morgan fingerprint density at radius 2 is 2.05 bits per heavy atom. The predicted octanol–water partition coefficient (Wildman–Crippen LogP) is 1.88. The molecule has 0 atom stereocenters. The minimum atomic E-state index is -3.93. The molecular weight excluding hydrogens is 292 g/mol. The van der Waals surface area contributed by atoms with Crippen LogP contribution in [0.3, 0.4) is 0 Å². The summed E-state index contributed by atoms with van der Waals surface area (Å²) < 4.78 is 32.2. The molecule has 2 aromatic rings. The zero-order valence-corrected chi connectivity index (χ0v) is 12.5. The molecule has 0 fully saturated rings. The summed E-state index contributed by atoms with van der Waals surface area (Å²) in [5.74, 6) is 0.663. The van der Waals surface area contributed by atoms with Crippen LogP contribution in [0, 0.1) is 6.92 Å². The molecule has 2 rings (SSSR count). The highest BCUT2D eigenvalue weighted by Crippen LogP contribution is 2.23. The van der Waals surface area contributed by atoms with Gasteiger partial charge in [0.25, 0.3) is 10.0 Å². The van der Waals surface area contributed by atoms with Crippen molar-refractivity contribution < 1.29 is 13.2 Å². The van der Waals surface area contributed by atoms with E-state index in [1.54, 1.807) is 25.1 Å². The predicted molar refractivity (Wildman–Crippen MR) is 80.2 cm³/mol. The van der Waals surface area contributed by atoms with Crippen LogP contribution in [0.2, 0.25) is 0 Å². The fourth-order valence-corrected chi connectivity index (χ4v) is 3.00. The van der Waals surface area contributed by atoms with Gasteiger partial charge in [-0.3, -0.25) is 9.52 Å². The topological polar surface area (TPSA) is 88.3 Å². The Bertz CT molecular complexity index is 797. The number of aromatic nitrogens is 1. The molecule has 21 heavy (non-hydrogen) atoms. The van der Waals surface area contributed by atoms with Crippen LogP contribution in [0.25, 0.3) is 0 Å². The van der Waals surface area contributed by atoms with Crippen LogP contribution >= 0.6 is 0 Å². The number of pyridine rings is 1. The SMILES string of the molecule is CCOc1ccc(NS(=O)(=O)c2c[nH]ccc2=O)c(C)c1. The quantitative estimate of drug-likeness (QED) is 0.882. The average Bonchev–Trinajstić information content (AvgIpc) is 2.42. The molecule has 7 heteroatoms. The van der Waals surface area contributed by atoms with Crippen LogP contribution in [0.5, 0.6) is 5.75 Å².